The zero-order valence-corrected chi connectivity index (χ0v) is 13.0. The summed E-state index contributed by atoms with van der Waals surface area (Å²) in [7, 11) is 0. The molecule has 0 spiro atoms. The van der Waals surface area contributed by atoms with E-state index in [1.165, 1.54) is 11.3 Å². The minimum absolute atomic E-state index is 0.599. The monoisotopic (exact) mass is 323 g/mol. The molecule has 3 aromatic rings. The Kier molecular flexibility index (Phi) is 3.20. The molecule has 114 valence electrons. The standard InChI is InChI=1S/C15H13N7S/c16-8-12-11-6-7-21(9-13(11)23-14(12)17)15-18-19-20-22(15)10-4-2-1-3-5-10/h1-5H,6-7,9,17H2. The number of fused-ring (bicyclic) bond motifs is 1. The number of nitriles is 1. The van der Waals surface area contributed by atoms with Gasteiger partial charge in [0.05, 0.1) is 17.8 Å². The third-order valence-electron chi connectivity index (χ3n) is 3.93. The van der Waals surface area contributed by atoms with Crippen LogP contribution in [0.3, 0.4) is 0 Å². The van der Waals surface area contributed by atoms with E-state index >= 15 is 0 Å². The van der Waals surface area contributed by atoms with Gasteiger partial charge in [0.25, 0.3) is 5.95 Å². The molecule has 0 bridgehead atoms. The Bertz CT molecular complexity index is 890. The lowest BCUT2D eigenvalue weighted by Gasteiger charge is -2.27. The predicted molar refractivity (Wildman–Crippen MR) is 87.4 cm³/mol. The first-order valence-electron chi connectivity index (χ1n) is 7.17. The molecular weight excluding hydrogens is 310 g/mol. The van der Waals surface area contributed by atoms with Crippen LogP contribution in [0.15, 0.2) is 30.3 Å². The van der Waals surface area contributed by atoms with E-state index < -0.39 is 0 Å². The molecule has 8 heteroatoms. The van der Waals surface area contributed by atoms with Gasteiger partial charge in [-0.25, -0.2) is 0 Å². The normalized spacial score (nSPS) is 13.6. The number of hydrogen-bond acceptors (Lipinski definition) is 7. The fraction of sp³-hybridized carbons (Fsp3) is 0.200. The largest absolute Gasteiger partial charge is 0.389 e. The zero-order chi connectivity index (χ0) is 15.8. The average Bonchev–Trinajstić information content (AvgIpc) is 3.18. The van der Waals surface area contributed by atoms with E-state index in [9.17, 15) is 5.26 Å². The van der Waals surface area contributed by atoms with E-state index in [1.54, 1.807) is 4.68 Å². The molecule has 0 fully saturated rings. The highest BCUT2D eigenvalue weighted by Gasteiger charge is 2.26. The summed E-state index contributed by atoms with van der Waals surface area (Å²) >= 11 is 1.48. The number of para-hydroxylation sites is 1. The first-order chi connectivity index (χ1) is 11.3. The van der Waals surface area contributed by atoms with Crippen LogP contribution in [-0.4, -0.2) is 26.8 Å². The van der Waals surface area contributed by atoms with E-state index in [0.717, 1.165) is 29.1 Å². The second-order valence-electron chi connectivity index (χ2n) is 5.25. The van der Waals surface area contributed by atoms with Crippen LogP contribution in [0.2, 0.25) is 0 Å². The number of rotatable bonds is 2. The molecule has 2 N–H and O–H groups in total. The number of nitrogen functional groups attached to an aromatic ring is 1. The number of tetrazole rings is 1. The molecule has 4 rings (SSSR count). The van der Waals surface area contributed by atoms with Crippen LogP contribution >= 0.6 is 11.3 Å². The first kappa shape index (κ1) is 13.7. The van der Waals surface area contributed by atoms with Crippen LogP contribution in [-0.2, 0) is 13.0 Å². The molecular formula is C15H13N7S. The Balaban J connectivity index is 1.69. The van der Waals surface area contributed by atoms with Gasteiger partial charge in [-0.15, -0.1) is 11.3 Å². The number of anilines is 2. The quantitative estimate of drug-likeness (QED) is 0.771. The van der Waals surface area contributed by atoms with Crippen LogP contribution in [0.5, 0.6) is 0 Å². The fourth-order valence-electron chi connectivity index (χ4n) is 2.83. The van der Waals surface area contributed by atoms with Gasteiger partial charge >= 0.3 is 0 Å². The highest BCUT2D eigenvalue weighted by atomic mass is 32.1. The smallest absolute Gasteiger partial charge is 0.250 e. The van der Waals surface area contributed by atoms with Crippen molar-refractivity contribution in [2.24, 2.45) is 0 Å². The van der Waals surface area contributed by atoms with Gasteiger partial charge in [0.15, 0.2) is 0 Å². The molecule has 0 radical (unpaired) electrons. The van der Waals surface area contributed by atoms with Crippen LogP contribution in [0, 0.1) is 11.3 Å². The second-order valence-corrected chi connectivity index (χ2v) is 6.39. The summed E-state index contributed by atoms with van der Waals surface area (Å²) in [5.74, 6) is 0.701. The maximum Gasteiger partial charge on any atom is 0.250 e. The van der Waals surface area contributed by atoms with E-state index in [4.69, 9.17) is 5.73 Å². The van der Waals surface area contributed by atoms with E-state index in [1.807, 2.05) is 30.3 Å². The van der Waals surface area contributed by atoms with Crippen LogP contribution in [0.25, 0.3) is 5.69 Å². The first-order valence-corrected chi connectivity index (χ1v) is 7.98. The molecule has 2 aromatic heterocycles. The van der Waals surface area contributed by atoms with Gasteiger partial charge in [-0.1, -0.05) is 23.3 Å². The van der Waals surface area contributed by atoms with Crippen molar-refractivity contribution in [1.82, 2.24) is 20.2 Å². The van der Waals surface area contributed by atoms with Crippen molar-refractivity contribution < 1.29 is 0 Å². The predicted octanol–water partition coefficient (Wildman–Crippen LogP) is 1.74. The SMILES string of the molecule is N#Cc1c(N)sc2c1CCN(c1nnnn1-c1ccccc1)C2. The van der Waals surface area contributed by atoms with Crippen molar-refractivity contribution in [2.75, 3.05) is 17.2 Å². The lowest BCUT2D eigenvalue weighted by atomic mass is 10.0. The van der Waals surface area contributed by atoms with Crippen molar-refractivity contribution >= 4 is 22.3 Å². The lowest BCUT2D eigenvalue weighted by Crippen LogP contribution is -2.32. The van der Waals surface area contributed by atoms with Gasteiger partial charge < -0.3 is 10.6 Å². The fourth-order valence-corrected chi connectivity index (χ4v) is 3.92. The molecule has 0 atom stereocenters. The average molecular weight is 323 g/mol. The third kappa shape index (κ3) is 2.22. The van der Waals surface area contributed by atoms with Crippen LogP contribution in [0.1, 0.15) is 16.0 Å². The van der Waals surface area contributed by atoms with Crippen molar-refractivity contribution in [2.45, 2.75) is 13.0 Å². The minimum Gasteiger partial charge on any atom is -0.389 e. The number of aromatic nitrogens is 4. The second kappa shape index (κ2) is 5.37. The topological polar surface area (TPSA) is 96.7 Å². The van der Waals surface area contributed by atoms with Crippen molar-refractivity contribution in [3.05, 3.63) is 46.3 Å². The van der Waals surface area contributed by atoms with E-state index in [0.29, 0.717) is 23.1 Å². The molecule has 1 aliphatic heterocycles. The highest BCUT2D eigenvalue weighted by Crippen LogP contribution is 2.35. The summed E-state index contributed by atoms with van der Waals surface area (Å²) in [6.45, 7) is 1.42. The van der Waals surface area contributed by atoms with Crippen molar-refractivity contribution in [1.29, 1.82) is 5.26 Å². The molecule has 1 aliphatic rings. The zero-order valence-electron chi connectivity index (χ0n) is 12.2. The maximum atomic E-state index is 9.23. The number of hydrogen-bond donors (Lipinski definition) is 1. The molecule has 0 saturated heterocycles. The molecule has 0 amide bonds. The van der Waals surface area contributed by atoms with Crippen LogP contribution < -0.4 is 10.6 Å². The molecule has 23 heavy (non-hydrogen) atoms. The molecule has 0 aliphatic carbocycles. The highest BCUT2D eigenvalue weighted by molar-refractivity contribution is 7.16. The van der Waals surface area contributed by atoms with Crippen molar-refractivity contribution in [3.63, 3.8) is 0 Å². The Morgan fingerprint density at radius 3 is 2.87 bits per heavy atom. The van der Waals surface area contributed by atoms with Gasteiger partial charge in [0.2, 0.25) is 0 Å². The minimum atomic E-state index is 0.599. The summed E-state index contributed by atoms with van der Waals surface area (Å²) in [5.41, 5.74) is 8.57. The molecule has 7 nitrogen and oxygen atoms in total. The number of thiophene rings is 1. The number of nitrogens with zero attached hydrogens (tertiary/aromatic N) is 6. The summed E-state index contributed by atoms with van der Waals surface area (Å²) in [6.07, 6.45) is 0.771. The molecule has 0 unspecified atom stereocenters. The van der Waals surface area contributed by atoms with Crippen molar-refractivity contribution in [3.8, 4) is 11.8 Å². The summed E-state index contributed by atoms with van der Waals surface area (Å²) in [6, 6.07) is 12.0. The summed E-state index contributed by atoms with van der Waals surface area (Å²) in [5, 5.41) is 21.9. The maximum absolute atomic E-state index is 9.23. The van der Waals surface area contributed by atoms with Gasteiger partial charge in [0, 0.05) is 11.4 Å². The molecule has 1 aromatic carbocycles. The Morgan fingerprint density at radius 1 is 1.26 bits per heavy atom. The molecule has 0 saturated carbocycles. The van der Waals surface area contributed by atoms with Gasteiger partial charge in [0.1, 0.15) is 11.1 Å². The number of nitrogens with two attached hydrogens (primary N) is 1. The summed E-state index contributed by atoms with van der Waals surface area (Å²) < 4.78 is 1.73. The van der Waals surface area contributed by atoms with Gasteiger partial charge in [-0.05, 0) is 34.5 Å². The summed E-state index contributed by atoms with van der Waals surface area (Å²) in [4.78, 5) is 3.24. The Labute approximate surface area is 136 Å². The molecule has 3 heterocycles. The van der Waals surface area contributed by atoms with E-state index in [2.05, 4.69) is 26.5 Å². The Hall–Kier alpha value is -2.92. The third-order valence-corrected chi connectivity index (χ3v) is 4.98. The van der Waals surface area contributed by atoms with Gasteiger partial charge in [-0.3, -0.25) is 0 Å². The van der Waals surface area contributed by atoms with Crippen LogP contribution in [0.4, 0.5) is 10.9 Å². The van der Waals surface area contributed by atoms with Gasteiger partial charge in [-0.2, -0.15) is 9.94 Å². The number of benzene rings is 1. The van der Waals surface area contributed by atoms with E-state index in [-0.39, 0.29) is 0 Å². The Morgan fingerprint density at radius 2 is 2.09 bits per heavy atom. The lowest BCUT2D eigenvalue weighted by molar-refractivity contribution is 0.697.